The average Bonchev–Trinajstić information content (AvgIpc) is 3.14. The molecule has 0 aliphatic heterocycles. The highest BCUT2D eigenvalue weighted by Gasteiger charge is 2.30. The number of sulfonamides is 1. The van der Waals surface area contributed by atoms with Gasteiger partial charge >= 0.3 is 6.18 Å². The van der Waals surface area contributed by atoms with Crippen LogP contribution in [-0.4, -0.2) is 24.5 Å². The van der Waals surface area contributed by atoms with Crippen LogP contribution in [-0.2, 0) is 22.7 Å². The van der Waals surface area contributed by atoms with E-state index in [1.807, 2.05) is 41.1 Å². The average molecular weight is 409 g/mol. The Kier molecular flexibility index (Phi) is 5.85. The summed E-state index contributed by atoms with van der Waals surface area (Å²) in [5.74, 6) is 0.784. The smallest absolute Gasteiger partial charge is 0.331 e. The monoisotopic (exact) mass is 409 g/mol. The second-order valence-electron chi connectivity index (χ2n) is 6.08. The third-order valence-electron chi connectivity index (χ3n) is 4.11. The third kappa shape index (κ3) is 4.79. The number of nitrogens with one attached hydrogen (secondary N) is 1. The lowest BCUT2D eigenvalue weighted by Crippen LogP contribution is -2.25. The molecule has 0 unspecified atom stereocenters. The molecule has 5 nitrogen and oxygen atoms in total. The number of alkyl halides is 3. The van der Waals surface area contributed by atoms with Gasteiger partial charge in [0, 0.05) is 31.0 Å². The van der Waals surface area contributed by atoms with Gasteiger partial charge in [0.1, 0.15) is 5.82 Å². The predicted octanol–water partition coefficient (Wildman–Crippen LogP) is 3.94. The topological polar surface area (TPSA) is 64.0 Å². The lowest BCUT2D eigenvalue weighted by atomic mass is 10.2. The molecule has 0 aliphatic rings. The number of benzene rings is 2. The molecule has 0 saturated carbocycles. The molecule has 0 amide bonds. The highest BCUT2D eigenvalue weighted by molar-refractivity contribution is 7.89. The molecule has 0 fully saturated rings. The molecule has 3 rings (SSSR count). The molecule has 9 heteroatoms. The van der Waals surface area contributed by atoms with Gasteiger partial charge in [0.15, 0.2) is 0 Å². The van der Waals surface area contributed by atoms with E-state index in [1.165, 1.54) is 0 Å². The van der Waals surface area contributed by atoms with Gasteiger partial charge in [-0.3, -0.25) is 0 Å². The fraction of sp³-hybridized carbons (Fsp3) is 0.211. The minimum Gasteiger partial charge on any atom is -0.331 e. The van der Waals surface area contributed by atoms with Crippen molar-refractivity contribution in [2.75, 3.05) is 6.54 Å². The Hall–Kier alpha value is -2.65. The summed E-state index contributed by atoms with van der Waals surface area (Å²) in [6.45, 7) is 0.690. The Morgan fingerprint density at radius 1 is 1.00 bits per heavy atom. The molecule has 148 valence electrons. The Bertz CT molecular complexity index is 1010. The number of aromatic nitrogens is 2. The van der Waals surface area contributed by atoms with Crippen LogP contribution in [0.5, 0.6) is 0 Å². The van der Waals surface area contributed by atoms with Crippen LogP contribution in [0.3, 0.4) is 0 Å². The van der Waals surface area contributed by atoms with Crippen LogP contribution in [0, 0.1) is 0 Å². The summed E-state index contributed by atoms with van der Waals surface area (Å²) in [7, 11) is -3.87. The Morgan fingerprint density at radius 2 is 1.68 bits per heavy atom. The van der Waals surface area contributed by atoms with Crippen LogP contribution in [0.25, 0.3) is 11.4 Å². The number of halogens is 3. The molecule has 3 aromatic rings. The summed E-state index contributed by atoms with van der Waals surface area (Å²) in [5.41, 5.74) is 0.0674. The molecule has 0 radical (unpaired) electrons. The third-order valence-corrected chi connectivity index (χ3v) is 5.58. The van der Waals surface area contributed by atoms with Crippen LogP contribution < -0.4 is 4.72 Å². The zero-order valence-electron chi connectivity index (χ0n) is 14.7. The number of rotatable bonds is 7. The van der Waals surface area contributed by atoms with Crippen LogP contribution in [0.2, 0.25) is 0 Å². The zero-order valence-corrected chi connectivity index (χ0v) is 15.5. The number of nitrogens with zero attached hydrogens (tertiary/aromatic N) is 2. The van der Waals surface area contributed by atoms with Gasteiger partial charge in [-0.2, -0.15) is 13.2 Å². The van der Waals surface area contributed by atoms with E-state index in [4.69, 9.17) is 0 Å². The van der Waals surface area contributed by atoms with Gasteiger partial charge in [0.05, 0.1) is 10.5 Å². The standard InChI is InChI=1S/C19H18F3N3O2S/c20-19(21,22)16-7-9-17(10-8-16)28(26,27)24-11-4-13-25-14-12-23-18(25)15-5-2-1-3-6-15/h1-3,5-10,12,14,24H,4,11,13H2. The van der Waals surface area contributed by atoms with E-state index in [2.05, 4.69) is 9.71 Å². The van der Waals surface area contributed by atoms with Gasteiger partial charge in [0.25, 0.3) is 0 Å². The first-order valence-electron chi connectivity index (χ1n) is 8.51. The minimum atomic E-state index is -4.50. The van der Waals surface area contributed by atoms with Crippen LogP contribution in [0.1, 0.15) is 12.0 Å². The maximum atomic E-state index is 12.6. The highest BCUT2D eigenvalue weighted by atomic mass is 32.2. The van der Waals surface area contributed by atoms with E-state index in [9.17, 15) is 21.6 Å². The van der Waals surface area contributed by atoms with Gasteiger partial charge in [-0.15, -0.1) is 0 Å². The van der Waals surface area contributed by atoms with Crippen LogP contribution in [0.15, 0.2) is 71.9 Å². The quantitative estimate of drug-likeness (QED) is 0.602. The van der Waals surface area contributed by atoms with E-state index in [0.29, 0.717) is 13.0 Å². The molecule has 0 aliphatic carbocycles. The number of hydrogen-bond donors (Lipinski definition) is 1. The predicted molar refractivity (Wildman–Crippen MR) is 98.9 cm³/mol. The first-order chi connectivity index (χ1) is 13.3. The lowest BCUT2D eigenvalue weighted by molar-refractivity contribution is -0.137. The highest BCUT2D eigenvalue weighted by Crippen LogP contribution is 2.29. The van der Waals surface area contributed by atoms with Crippen molar-refractivity contribution in [3.63, 3.8) is 0 Å². The van der Waals surface area contributed by atoms with Gasteiger partial charge in [-0.05, 0) is 30.7 Å². The molecule has 0 spiro atoms. The van der Waals surface area contributed by atoms with E-state index < -0.39 is 21.8 Å². The van der Waals surface area contributed by atoms with E-state index in [-0.39, 0.29) is 11.4 Å². The summed E-state index contributed by atoms with van der Waals surface area (Å²) < 4.78 is 66.5. The van der Waals surface area contributed by atoms with Crippen molar-refractivity contribution >= 4 is 10.0 Å². The molecule has 0 bridgehead atoms. The minimum absolute atomic E-state index is 0.149. The first-order valence-corrected chi connectivity index (χ1v) is 9.99. The fourth-order valence-electron chi connectivity index (χ4n) is 2.70. The summed E-state index contributed by atoms with van der Waals surface area (Å²) >= 11 is 0. The summed E-state index contributed by atoms with van der Waals surface area (Å²) in [6.07, 6.45) is -0.519. The fourth-order valence-corrected chi connectivity index (χ4v) is 3.77. The van der Waals surface area contributed by atoms with Crippen molar-refractivity contribution in [2.24, 2.45) is 0 Å². The molecular weight excluding hydrogens is 391 g/mol. The molecule has 2 aromatic carbocycles. The van der Waals surface area contributed by atoms with Gasteiger partial charge in [-0.25, -0.2) is 18.1 Å². The second-order valence-corrected chi connectivity index (χ2v) is 7.85. The largest absolute Gasteiger partial charge is 0.416 e. The van der Waals surface area contributed by atoms with Gasteiger partial charge in [-0.1, -0.05) is 30.3 Å². The van der Waals surface area contributed by atoms with Crippen molar-refractivity contribution in [1.82, 2.24) is 14.3 Å². The Labute approximate surface area is 160 Å². The van der Waals surface area contributed by atoms with Gasteiger partial charge in [0.2, 0.25) is 10.0 Å². The molecule has 0 saturated heterocycles. The van der Waals surface area contributed by atoms with Crippen LogP contribution >= 0.6 is 0 Å². The Morgan fingerprint density at radius 3 is 2.32 bits per heavy atom. The number of imidazole rings is 1. The number of hydrogen-bond acceptors (Lipinski definition) is 3. The van der Waals surface area contributed by atoms with E-state index in [0.717, 1.165) is 35.7 Å². The van der Waals surface area contributed by atoms with Crippen molar-refractivity contribution in [3.05, 3.63) is 72.6 Å². The van der Waals surface area contributed by atoms with Crippen molar-refractivity contribution in [3.8, 4) is 11.4 Å². The normalized spacial score (nSPS) is 12.2. The van der Waals surface area contributed by atoms with E-state index in [1.54, 1.807) is 6.20 Å². The molecule has 1 aromatic heterocycles. The SMILES string of the molecule is O=S(=O)(NCCCn1ccnc1-c1ccccc1)c1ccc(C(F)(F)F)cc1. The van der Waals surface area contributed by atoms with Crippen molar-refractivity contribution in [1.29, 1.82) is 0 Å². The van der Waals surface area contributed by atoms with Crippen LogP contribution in [0.4, 0.5) is 13.2 Å². The molecule has 1 N–H and O–H groups in total. The van der Waals surface area contributed by atoms with Crippen molar-refractivity contribution in [2.45, 2.75) is 24.0 Å². The molecule has 28 heavy (non-hydrogen) atoms. The Balaban J connectivity index is 1.58. The van der Waals surface area contributed by atoms with Crippen molar-refractivity contribution < 1.29 is 21.6 Å². The second kappa shape index (κ2) is 8.15. The summed E-state index contributed by atoms with van der Waals surface area (Å²) in [6, 6.07) is 13.0. The maximum absolute atomic E-state index is 12.6. The molecule has 0 atom stereocenters. The lowest BCUT2D eigenvalue weighted by Gasteiger charge is -2.10. The summed E-state index contributed by atoms with van der Waals surface area (Å²) in [5, 5.41) is 0. The maximum Gasteiger partial charge on any atom is 0.416 e. The molecular formula is C19H18F3N3O2S. The van der Waals surface area contributed by atoms with E-state index >= 15 is 0 Å². The first kappa shape index (κ1) is 20.1. The van der Waals surface area contributed by atoms with Gasteiger partial charge < -0.3 is 4.57 Å². The summed E-state index contributed by atoms with van der Waals surface area (Å²) in [4.78, 5) is 4.12. The number of aryl methyl sites for hydroxylation is 1. The molecule has 1 heterocycles. The zero-order chi connectivity index (χ0) is 20.2.